The van der Waals surface area contributed by atoms with E-state index in [1.807, 2.05) is 0 Å². The van der Waals surface area contributed by atoms with Gasteiger partial charge in [0, 0.05) is 0 Å². The highest BCUT2D eigenvalue weighted by molar-refractivity contribution is 6.50. The Hall–Kier alpha value is -0.295. The number of nitrogens with one attached hydrogen (secondary N) is 1. The Bertz CT molecular complexity index is 121. The lowest BCUT2D eigenvalue weighted by atomic mass is 10.2. The zero-order valence-corrected chi connectivity index (χ0v) is 9.70. The second kappa shape index (κ2) is 8.97. The van der Waals surface area contributed by atoms with E-state index in [0.29, 0.717) is 6.04 Å². The largest absolute Gasteiger partial charge is 0.673 e. The third-order valence-electron chi connectivity index (χ3n) is 2.05. The van der Waals surface area contributed by atoms with Gasteiger partial charge in [0.15, 0.2) is 0 Å². The van der Waals surface area contributed by atoms with Gasteiger partial charge in [-0.3, -0.25) is 0 Å². The fourth-order valence-electron chi connectivity index (χ4n) is 1.34. The molecule has 0 bridgehead atoms. The van der Waals surface area contributed by atoms with Gasteiger partial charge >= 0.3 is 7.25 Å². The average molecular weight is 233 g/mol. The molecule has 0 spiro atoms. The van der Waals surface area contributed by atoms with Crippen molar-refractivity contribution in [2.75, 3.05) is 13.7 Å². The van der Waals surface area contributed by atoms with Crippen LogP contribution in [0.15, 0.2) is 0 Å². The first kappa shape index (κ1) is 17.1. The third kappa shape index (κ3) is 13.7. The molecule has 1 atom stereocenters. The van der Waals surface area contributed by atoms with Gasteiger partial charge in [-0.1, -0.05) is 13.8 Å². The minimum Gasteiger partial charge on any atom is -0.418 e. The van der Waals surface area contributed by atoms with Crippen molar-refractivity contribution in [3.05, 3.63) is 0 Å². The van der Waals surface area contributed by atoms with E-state index in [1.165, 1.54) is 17.9 Å². The van der Waals surface area contributed by atoms with Crippen molar-refractivity contribution < 1.29 is 27.2 Å². The molecule has 0 aromatic heterocycles. The lowest BCUT2D eigenvalue weighted by Crippen LogP contribution is -3.14. The molecule has 0 aliphatic carbocycles. The minimum atomic E-state index is -6.00. The van der Waals surface area contributed by atoms with Gasteiger partial charge in [-0.05, 0) is 19.8 Å². The maximum absolute atomic E-state index is 9.75. The van der Waals surface area contributed by atoms with E-state index < -0.39 is 7.25 Å². The molecule has 94 valence electrons. The summed E-state index contributed by atoms with van der Waals surface area (Å²) in [6.07, 6.45) is 2.40. The van der Waals surface area contributed by atoms with E-state index in [9.17, 15) is 17.3 Å². The van der Waals surface area contributed by atoms with Crippen LogP contribution in [0.2, 0.25) is 0 Å². The molecule has 15 heavy (non-hydrogen) atoms. The van der Waals surface area contributed by atoms with Crippen LogP contribution < -0.4 is 5.06 Å². The van der Waals surface area contributed by atoms with Crippen LogP contribution in [0.4, 0.5) is 17.3 Å². The average Bonchev–Trinajstić information content (AvgIpc) is 2.11. The van der Waals surface area contributed by atoms with Gasteiger partial charge in [-0.25, -0.2) is 4.84 Å². The molecule has 0 fully saturated rings. The summed E-state index contributed by atoms with van der Waals surface area (Å²) in [6.45, 7) is 7.63. The summed E-state index contributed by atoms with van der Waals surface area (Å²) in [7, 11) is -4.23. The van der Waals surface area contributed by atoms with Crippen molar-refractivity contribution in [3.8, 4) is 0 Å². The molecular weight excluding hydrogens is 213 g/mol. The molecule has 0 radical (unpaired) electrons. The first-order valence-electron chi connectivity index (χ1n) is 5.07. The van der Waals surface area contributed by atoms with Crippen molar-refractivity contribution in [1.29, 1.82) is 0 Å². The second-order valence-corrected chi connectivity index (χ2v) is 3.03. The van der Waals surface area contributed by atoms with Gasteiger partial charge in [0.2, 0.25) is 0 Å². The maximum atomic E-state index is 9.75. The van der Waals surface area contributed by atoms with E-state index in [1.54, 1.807) is 7.11 Å². The molecule has 0 saturated carbocycles. The van der Waals surface area contributed by atoms with Gasteiger partial charge < -0.3 is 17.3 Å². The Morgan fingerprint density at radius 2 is 1.40 bits per heavy atom. The van der Waals surface area contributed by atoms with Crippen LogP contribution in [0.3, 0.4) is 0 Å². The Kier molecular flexibility index (Phi) is 10.2. The molecule has 0 aromatic carbocycles. The summed E-state index contributed by atoms with van der Waals surface area (Å²) in [4.78, 5) is 5.26. The molecule has 1 N–H and O–H groups in total. The lowest BCUT2D eigenvalue weighted by molar-refractivity contribution is -1.11. The van der Waals surface area contributed by atoms with Gasteiger partial charge in [0.1, 0.15) is 12.6 Å². The van der Waals surface area contributed by atoms with Gasteiger partial charge in [0.05, 0.1) is 7.11 Å². The van der Waals surface area contributed by atoms with Crippen LogP contribution >= 0.6 is 0 Å². The second-order valence-electron chi connectivity index (χ2n) is 3.03. The van der Waals surface area contributed by atoms with E-state index in [0.717, 1.165) is 6.54 Å². The number of halogens is 4. The Morgan fingerprint density at radius 3 is 1.47 bits per heavy atom. The van der Waals surface area contributed by atoms with Crippen molar-refractivity contribution in [2.24, 2.45) is 0 Å². The number of quaternary nitrogens is 1. The quantitative estimate of drug-likeness (QED) is 0.435. The highest BCUT2D eigenvalue weighted by atomic mass is 19.5. The molecule has 0 saturated heterocycles. The van der Waals surface area contributed by atoms with Crippen LogP contribution in [0.1, 0.15) is 33.6 Å². The number of hydrogen-bond donors (Lipinski definition) is 1. The number of hydrogen-bond acceptors (Lipinski definition) is 1. The molecule has 1 unspecified atom stereocenters. The standard InChI is InChI=1S/C8H19NO.BF4/c1-5-8(6-2)9(7-3)10-4;2-1(3,4)5/h8H,5-7H2,1-4H3;/q;-1/p+1. The van der Waals surface area contributed by atoms with E-state index in [-0.39, 0.29) is 0 Å². The first-order valence-corrected chi connectivity index (χ1v) is 5.07. The molecule has 7 heteroatoms. The van der Waals surface area contributed by atoms with Crippen LogP contribution in [-0.2, 0) is 4.84 Å². The summed E-state index contributed by atoms with van der Waals surface area (Å²) >= 11 is 0. The van der Waals surface area contributed by atoms with Crippen molar-refractivity contribution >= 4 is 7.25 Å². The predicted octanol–water partition coefficient (Wildman–Crippen LogP) is 1.94. The molecule has 0 aliphatic heterocycles. The smallest absolute Gasteiger partial charge is 0.418 e. The summed E-state index contributed by atoms with van der Waals surface area (Å²) < 4.78 is 39.0. The summed E-state index contributed by atoms with van der Waals surface area (Å²) in [6, 6.07) is 0.676. The highest BCUT2D eigenvalue weighted by Gasteiger charge is 2.20. The molecule has 0 aromatic rings. The van der Waals surface area contributed by atoms with Crippen LogP contribution in [0.25, 0.3) is 0 Å². The molecule has 0 amide bonds. The maximum Gasteiger partial charge on any atom is 0.673 e. The highest BCUT2D eigenvalue weighted by Crippen LogP contribution is 2.06. The summed E-state index contributed by atoms with van der Waals surface area (Å²) in [5.74, 6) is 0. The van der Waals surface area contributed by atoms with Gasteiger partial charge in [-0.15, -0.1) is 0 Å². The topological polar surface area (TPSA) is 13.7 Å². The van der Waals surface area contributed by atoms with Crippen LogP contribution in [0, 0.1) is 0 Å². The van der Waals surface area contributed by atoms with Crippen molar-refractivity contribution in [2.45, 2.75) is 39.7 Å². The molecule has 0 heterocycles. The van der Waals surface area contributed by atoms with E-state index >= 15 is 0 Å². The summed E-state index contributed by atoms with van der Waals surface area (Å²) in [5.41, 5.74) is 0. The molecule has 0 rings (SSSR count). The lowest BCUT2D eigenvalue weighted by Gasteiger charge is -2.21. The monoisotopic (exact) mass is 233 g/mol. The number of hydroxylamine groups is 2. The minimum absolute atomic E-state index is 0.676. The van der Waals surface area contributed by atoms with Crippen LogP contribution in [-0.4, -0.2) is 27.0 Å². The normalized spacial score (nSPS) is 13.4. The van der Waals surface area contributed by atoms with Crippen molar-refractivity contribution in [3.63, 3.8) is 0 Å². The van der Waals surface area contributed by atoms with E-state index in [4.69, 9.17) is 4.84 Å². The third-order valence-corrected chi connectivity index (χ3v) is 2.05. The Morgan fingerprint density at radius 1 is 1.07 bits per heavy atom. The molecule has 2 nitrogen and oxygen atoms in total. The predicted molar refractivity (Wildman–Crippen MR) is 53.1 cm³/mol. The molecular formula is C8H20BF4NO. The zero-order chi connectivity index (χ0) is 12.5. The first-order chi connectivity index (χ1) is 6.79. The number of rotatable bonds is 5. The van der Waals surface area contributed by atoms with Crippen molar-refractivity contribution in [1.82, 2.24) is 0 Å². The van der Waals surface area contributed by atoms with Gasteiger partial charge in [0.25, 0.3) is 0 Å². The molecule has 0 aliphatic rings. The van der Waals surface area contributed by atoms with Crippen LogP contribution in [0.5, 0.6) is 0 Å². The van der Waals surface area contributed by atoms with E-state index in [2.05, 4.69) is 20.8 Å². The Balaban J connectivity index is 0. The summed E-state index contributed by atoms with van der Waals surface area (Å²) in [5, 5.41) is 1.25. The fraction of sp³-hybridized carbons (Fsp3) is 1.00. The zero-order valence-electron chi connectivity index (χ0n) is 9.70. The Labute approximate surface area is 88.6 Å². The SMILES string of the molecule is CCC(CC)[NH+](CC)OC.F[B-](F)(F)F. The van der Waals surface area contributed by atoms with Gasteiger partial charge in [-0.2, -0.15) is 5.06 Å². The fourth-order valence-corrected chi connectivity index (χ4v) is 1.34.